The molecule has 5 heteroatoms. The molecule has 0 atom stereocenters. The summed E-state index contributed by atoms with van der Waals surface area (Å²) in [5, 5.41) is 0. The third-order valence-electron chi connectivity index (χ3n) is 2.27. The molecule has 1 heterocycles. The lowest BCUT2D eigenvalue weighted by atomic mass is 10.0. The second kappa shape index (κ2) is 4.49. The molecule has 0 saturated heterocycles. The number of aromatic nitrogens is 1. The first-order valence-corrected chi connectivity index (χ1v) is 5.56. The van der Waals surface area contributed by atoms with Gasteiger partial charge < -0.3 is 0 Å². The molecule has 0 aliphatic carbocycles. The molecule has 0 N–H and O–H groups in total. The van der Waals surface area contributed by atoms with E-state index >= 15 is 0 Å². The van der Waals surface area contributed by atoms with Crippen molar-refractivity contribution in [3.05, 3.63) is 52.8 Å². The van der Waals surface area contributed by atoms with Gasteiger partial charge in [0.15, 0.2) is 0 Å². The smallest absolute Gasteiger partial charge is 0.249 e. The number of hydrogen-bond donors (Lipinski definition) is 0. The third kappa shape index (κ3) is 2.66. The third-order valence-corrected chi connectivity index (χ3v) is 2.70. The summed E-state index contributed by atoms with van der Waals surface area (Å²) in [6.07, 6.45) is -2.89. The van der Waals surface area contributed by atoms with E-state index in [9.17, 15) is 13.2 Å². The molecule has 0 amide bonds. The maximum absolute atomic E-state index is 12.8. The van der Waals surface area contributed by atoms with Crippen molar-refractivity contribution in [3.8, 4) is 11.1 Å². The first kappa shape index (κ1) is 12.1. The highest BCUT2D eigenvalue weighted by Gasteiger charge is 2.33. The average Bonchev–Trinajstić information content (AvgIpc) is 2.28. The molecule has 2 aromatic rings. The number of rotatable bonds is 1. The number of alkyl halides is 3. The highest BCUT2D eigenvalue weighted by molar-refractivity contribution is 9.10. The fraction of sp³-hybridized carbons (Fsp3) is 0.0833. The van der Waals surface area contributed by atoms with Gasteiger partial charge in [-0.05, 0) is 45.3 Å². The van der Waals surface area contributed by atoms with Crippen molar-refractivity contribution in [1.82, 2.24) is 4.98 Å². The molecule has 0 radical (unpaired) electrons. The van der Waals surface area contributed by atoms with Crippen molar-refractivity contribution in [2.45, 2.75) is 6.18 Å². The Balaban J connectivity index is 2.60. The lowest BCUT2D eigenvalue weighted by Crippen LogP contribution is -2.06. The van der Waals surface area contributed by atoms with Crippen LogP contribution in [0.25, 0.3) is 11.1 Å². The van der Waals surface area contributed by atoms with Gasteiger partial charge in [0.2, 0.25) is 0 Å². The van der Waals surface area contributed by atoms with Crippen molar-refractivity contribution < 1.29 is 13.2 Å². The van der Waals surface area contributed by atoms with Gasteiger partial charge in [0.05, 0.1) is 5.56 Å². The zero-order valence-corrected chi connectivity index (χ0v) is 10.1. The number of pyridine rings is 1. The Bertz CT molecular complexity index is 537. The number of benzene rings is 1. The molecule has 0 bridgehead atoms. The second-order valence-corrected chi connectivity index (χ2v) is 4.22. The first-order chi connectivity index (χ1) is 7.98. The predicted molar refractivity (Wildman–Crippen MR) is 62.4 cm³/mol. The van der Waals surface area contributed by atoms with Crippen LogP contribution in [0.4, 0.5) is 13.2 Å². The lowest BCUT2D eigenvalue weighted by molar-refractivity contribution is -0.137. The minimum atomic E-state index is -4.35. The standard InChI is InChI=1S/C12H7BrF3N/c13-11-7-8(5-6-17-11)9-3-1-2-4-10(9)12(14,15)16/h1-7H. The van der Waals surface area contributed by atoms with Crippen LogP contribution in [0, 0.1) is 0 Å². The average molecular weight is 302 g/mol. The Kier molecular flexibility index (Phi) is 3.19. The highest BCUT2D eigenvalue weighted by Crippen LogP contribution is 2.37. The van der Waals surface area contributed by atoms with Gasteiger partial charge in [-0.25, -0.2) is 4.98 Å². The SMILES string of the molecule is FC(F)(F)c1ccccc1-c1ccnc(Br)c1. The van der Waals surface area contributed by atoms with Crippen molar-refractivity contribution in [3.63, 3.8) is 0 Å². The number of nitrogens with zero attached hydrogens (tertiary/aromatic N) is 1. The molecule has 0 aliphatic heterocycles. The predicted octanol–water partition coefficient (Wildman–Crippen LogP) is 4.53. The molecule has 1 nitrogen and oxygen atoms in total. The van der Waals surface area contributed by atoms with Crippen LogP contribution in [-0.2, 0) is 6.18 Å². The van der Waals surface area contributed by atoms with Crippen LogP contribution >= 0.6 is 15.9 Å². The molecule has 0 unspecified atom stereocenters. The first-order valence-electron chi connectivity index (χ1n) is 4.76. The van der Waals surface area contributed by atoms with Crippen LogP contribution in [0.5, 0.6) is 0 Å². The minimum Gasteiger partial charge on any atom is -0.249 e. The molecular weight excluding hydrogens is 295 g/mol. The normalized spacial score (nSPS) is 11.5. The lowest BCUT2D eigenvalue weighted by Gasteiger charge is -2.12. The Morgan fingerprint density at radius 1 is 1.06 bits per heavy atom. The zero-order chi connectivity index (χ0) is 12.5. The fourth-order valence-electron chi connectivity index (χ4n) is 1.55. The van der Waals surface area contributed by atoms with Gasteiger partial charge >= 0.3 is 6.18 Å². The largest absolute Gasteiger partial charge is 0.417 e. The number of halogens is 4. The van der Waals surface area contributed by atoms with E-state index in [1.165, 1.54) is 18.3 Å². The number of hydrogen-bond acceptors (Lipinski definition) is 1. The minimum absolute atomic E-state index is 0.156. The molecule has 1 aromatic heterocycles. The quantitative estimate of drug-likeness (QED) is 0.705. The summed E-state index contributed by atoms with van der Waals surface area (Å²) in [6, 6.07) is 8.59. The zero-order valence-electron chi connectivity index (χ0n) is 8.50. The molecule has 0 spiro atoms. The molecular formula is C12H7BrF3N. The van der Waals surface area contributed by atoms with Crippen LogP contribution in [0.3, 0.4) is 0 Å². The maximum Gasteiger partial charge on any atom is 0.417 e. The Morgan fingerprint density at radius 3 is 2.41 bits per heavy atom. The van der Waals surface area contributed by atoms with Gasteiger partial charge in [-0.15, -0.1) is 0 Å². The second-order valence-electron chi connectivity index (χ2n) is 3.41. The molecule has 17 heavy (non-hydrogen) atoms. The molecule has 0 fully saturated rings. The Labute approximate surface area is 104 Å². The molecule has 88 valence electrons. The van der Waals surface area contributed by atoms with Crippen molar-refractivity contribution in [2.75, 3.05) is 0 Å². The Hall–Kier alpha value is -1.36. The van der Waals surface area contributed by atoms with Crippen LogP contribution in [-0.4, -0.2) is 4.98 Å². The van der Waals surface area contributed by atoms with E-state index < -0.39 is 11.7 Å². The van der Waals surface area contributed by atoms with E-state index in [2.05, 4.69) is 20.9 Å². The summed E-state index contributed by atoms with van der Waals surface area (Å²) in [7, 11) is 0. The van der Waals surface area contributed by atoms with Gasteiger partial charge in [0, 0.05) is 6.20 Å². The summed E-state index contributed by atoms with van der Waals surface area (Å²) in [5.41, 5.74) is 0.000926. The maximum atomic E-state index is 12.8. The van der Waals surface area contributed by atoms with E-state index in [0.29, 0.717) is 10.2 Å². The van der Waals surface area contributed by atoms with Gasteiger partial charge in [0.25, 0.3) is 0 Å². The topological polar surface area (TPSA) is 12.9 Å². The van der Waals surface area contributed by atoms with Gasteiger partial charge in [-0.3, -0.25) is 0 Å². The van der Waals surface area contributed by atoms with E-state index in [0.717, 1.165) is 6.07 Å². The van der Waals surface area contributed by atoms with Gasteiger partial charge in [0.1, 0.15) is 4.60 Å². The van der Waals surface area contributed by atoms with Crippen LogP contribution in [0.1, 0.15) is 5.56 Å². The van der Waals surface area contributed by atoms with Gasteiger partial charge in [-0.2, -0.15) is 13.2 Å². The van der Waals surface area contributed by atoms with E-state index in [1.54, 1.807) is 18.2 Å². The molecule has 0 aliphatic rings. The summed E-state index contributed by atoms with van der Waals surface area (Å²) in [6.45, 7) is 0. The van der Waals surface area contributed by atoms with Gasteiger partial charge in [-0.1, -0.05) is 18.2 Å². The summed E-state index contributed by atoms with van der Waals surface area (Å²) in [5.74, 6) is 0. The summed E-state index contributed by atoms with van der Waals surface area (Å²) >= 11 is 3.14. The summed E-state index contributed by atoms with van der Waals surface area (Å²) in [4.78, 5) is 3.89. The fourth-order valence-corrected chi connectivity index (χ4v) is 1.92. The van der Waals surface area contributed by atoms with Crippen molar-refractivity contribution in [2.24, 2.45) is 0 Å². The molecule has 0 saturated carbocycles. The van der Waals surface area contributed by atoms with Crippen LogP contribution in [0.2, 0.25) is 0 Å². The molecule has 1 aromatic carbocycles. The van der Waals surface area contributed by atoms with E-state index in [4.69, 9.17) is 0 Å². The van der Waals surface area contributed by atoms with Crippen molar-refractivity contribution >= 4 is 15.9 Å². The summed E-state index contributed by atoms with van der Waals surface area (Å²) < 4.78 is 38.9. The van der Waals surface area contributed by atoms with Crippen molar-refractivity contribution in [1.29, 1.82) is 0 Å². The Morgan fingerprint density at radius 2 is 1.76 bits per heavy atom. The monoisotopic (exact) mass is 301 g/mol. The van der Waals surface area contributed by atoms with Crippen LogP contribution in [0.15, 0.2) is 47.2 Å². The highest BCUT2D eigenvalue weighted by atomic mass is 79.9. The van der Waals surface area contributed by atoms with Crippen LogP contribution < -0.4 is 0 Å². The van der Waals surface area contributed by atoms with E-state index in [1.807, 2.05) is 0 Å². The van der Waals surface area contributed by atoms with E-state index in [-0.39, 0.29) is 5.56 Å². The molecule has 2 rings (SSSR count).